The summed E-state index contributed by atoms with van der Waals surface area (Å²) in [5, 5.41) is 2.12. The van der Waals surface area contributed by atoms with Crippen LogP contribution >= 0.6 is 15.9 Å². The zero-order chi connectivity index (χ0) is 14.7. The van der Waals surface area contributed by atoms with Crippen molar-refractivity contribution in [2.75, 3.05) is 20.1 Å². The van der Waals surface area contributed by atoms with Crippen molar-refractivity contribution < 1.29 is 32.7 Å². The molecule has 1 fully saturated rings. The van der Waals surface area contributed by atoms with Crippen molar-refractivity contribution in [2.24, 2.45) is 5.92 Å². The molecule has 0 spiro atoms. The van der Waals surface area contributed by atoms with Crippen LogP contribution < -0.4 is 5.46 Å². The second kappa shape index (κ2) is 9.06. The predicted octanol–water partition coefficient (Wildman–Crippen LogP) is 3.69. The molecule has 1 nitrogen and oxygen atoms in total. The van der Waals surface area contributed by atoms with Crippen LogP contribution in [0.1, 0.15) is 24.8 Å². The molecule has 0 aliphatic carbocycles. The first kappa shape index (κ1) is 18.8. The van der Waals surface area contributed by atoms with Crippen LogP contribution in [0, 0.1) is 17.7 Å². The SMILES string of the molecule is CN1CCC(=C2[CH-]C(C[CH-]Br)C[B]c3ccccc32)CC1.[Y]. The Morgan fingerprint density at radius 2 is 2.05 bits per heavy atom. The van der Waals surface area contributed by atoms with Crippen LogP contribution in [-0.2, 0) is 32.7 Å². The Kier molecular flexibility index (Phi) is 7.73. The third kappa shape index (κ3) is 4.50. The Balaban J connectivity index is 0.00000176. The molecule has 0 saturated carbocycles. The Morgan fingerprint density at radius 1 is 1.32 bits per heavy atom. The fraction of sp³-hybridized carbons (Fsp3) is 0.444. The minimum Gasteiger partial charge on any atom is -0.320 e. The normalized spacial score (nSPS) is 22.0. The van der Waals surface area contributed by atoms with E-state index in [-0.39, 0.29) is 32.7 Å². The minimum absolute atomic E-state index is 0. The number of fused-ring (bicyclic) bond motifs is 1. The van der Waals surface area contributed by atoms with Crippen molar-refractivity contribution in [1.29, 1.82) is 0 Å². The Morgan fingerprint density at radius 3 is 2.77 bits per heavy atom. The second-order valence-corrected chi connectivity index (χ2v) is 6.81. The summed E-state index contributed by atoms with van der Waals surface area (Å²) in [6.45, 7) is 2.38. The average molecular weight is 432 g/mol. The molecule has 0 bridgehead atoms. The van der Waals surface area contributed by atoms with Crippen molar-refractivity contribution in [2.45, 2.75) is 25.6 Å². The van der Waals surface area contributed by atoms with Crippen LogP contribution in [0.25, 0.3) is 5.57 Å². The number of hydrogen-bond acceptors (Lipinski definition) is 1. The molecule has 1 saturated heterocycles. The number of halogens is 1. The fourth-order valence-electron chi connectivity index (χ4n) is 3.34. The number of allylic oxidation sites excluding steroid dienone is 1. The first-order valence-corrected chi connectivity index (χ1v) is 8.79. The van der Waals surface area contributed by atoms with E-state index in [1.54, 1.807) is 5.57 Å². The Hall–Kier alpha value is 0.439. The van der Waals surface area contributed by atoms with Crippen LogP contribution in [0.3, 0.4) is 0 Å². The second-order valence-electron chi connectivity index (χ2n) is 6.16. The molecule has 1 unspecified atom stereocenters. The maximum absolute atomic E-state index is 3.49. The molecule has 1 aromatic rings. The van der Waals surface area contributed by atoms with Crippen molar-refractivity contribution in [3.63, 3.8) is 0 Å². The van der Waals surface area contributed by atoms with Gasteiger partial charge in [0, 0.05) is 32.7 Å². The van der Waals surface area contributed by atoms with Crippen LogP contribution in [-0.4, -0.2) is 32.3 Å². The van der Waals surface area contributed by atoms with Crippen molar-refractivity contribution >= 4 is 34.2 Å². The zero-order valence-electron chi connectivity index (χ0n) is 13.3. The monoisotopic (exact) mass is 431 g/mol. The van der Waals surface area contributed by atoms with Gasteiger partial charge in [-0.1, -0.05) is 37.4 Å². The molecule has 2 aliphatic rings. The van der Waals surface area contributed by atoms with Gasteiger partial charge in [-0.3, -0.25) is 5.33 Å². The summed E-state index contributed by atoms with van der Waals surface area (Å²) in [5.41, 5.74) is 6.02. The van der Waals surface area contributed by atoms with E-state index in [0.717, 1.165) is 12.7 Å². The van der Waals surface area contributed by atoms with E-state index in [9.17, 15) is 0 Å². The van der Waals surface area contributed by atoms with Gasteiger partial charge in [-0.05, 0) is 20.1 Å². The molecule has 2 aliphatic heterocycles. The molecule has 4 heteroatoms. The van der Waals surface area contributed by atoms with Gasteiger partial charge in [-0.2, -0.15) is 24.0 Å². The van der Waals surface area contributed by atoms with Crippen molar-refractivity contribution in [1.82, 2.24) is 4.90 Å². The van der Waals surface area contributed by atoms with Gasteiger partial charge in [0.1, 0.15) is 7.28 Å². The molecule has 114 valence electrons. The standard InChI is InChI=1S/C18H22BBrN.Y/c1-21-10-7-15(8-11-21)17-12-14(6-9-20)13-19-18-5-3-2-4-16(17)18;/h2-5,9,12,14H,6-8,10-11,13H2,1H3;/q-2;. The van der Waals surface area contributed by atoms with Crippen molar-refractivity contribution in [3.05, 3.63) is 47.2 Å². The van der Waals surface area contributed by atoms with Gasteiger partial charge in [-0.25, -0.2) is 0 Å². The van der Waals surface area contributed by atoms with E-state index >= 15 is 0 Å². The summed E-state index contributed by atoms with van der Waals surface area (Å²) in [5.74, 6) is 0.610. The third-order valence-corrected chi connectivity index (χ3v) is 5.03. The Bertz CT molecular complexity index is 522. The largest absolute Gasteiger partial charge is 0.320 e. The van der Waals surface area contributed by atoms with E-state index in [2.05, 4.69) is 71.2 Å². The van der Waals surface area contributed by atoms with E-state index in [4.69, 9.17) is 0 Å². The van der Waals surface area contributed by atoms with Crippen LogP contribution in [0.2, 0.25) is 6.32 Å². The number of benzene rings is 1. The first-order valence-electron chi connectivity index (χ1n) is 7.88. The van der Waals surface area contributed by atoms with E-state index < -0.39 is 0 Å². The average Bonchev–Trinajstić information content (AvgIpc) is 2.69. The van der Waals surface area contributed by atoms with Crippen LogP contribution in [0.5, 0.6) is 0 Å². The van der Waals surface area contributed by atoms with Crippen molar-refractivity contribution in [3.8, 4) is 0 Å². The van der Waals surface area contributed by atoms with E-state index in [1.807, 2.05) is 0 Å². The fourth-order valence-corrected chi connectivity index (χ4v) is 3.82. The summed E-state index contributed by atoms with van der Waals surface area (Å²) >= 11 is 3.49. The van der Waals surface area contributed by atoms with Gasteiger partial charge < -0.3 is 20.8 Å². The number of rotatable bonds is 2. The molecular formula is C18H22BBrNY-2. The topological polar surface area (TPSA) is 3.24 Å². The summed E-state index contributed by atoms with van der Waals surface area (Å²) in [6, 6.07) is 8.89. The third-order valence-electron chi connectivity index (χ3n) is 4.66. The zero-order valence-corrected chi connectivity index (χ0v) is 17.7. The van der Waals surface area contributed by atoms with E-state index in [0.29, 0.717) is 5.92 Å². The number of piperidine rings is 1. The van der Waals surface area contributed by atoms with Gasteiger partial charge in [0.25, 0.3) is 0 Å². The molecule has 2 heterocycles. The molecule has 3 rings (SSSR count). The first-order chi connectivity index (χ1) is 10.3. The molecule has 0 amide bonds. The summed E-state index contributed by atoms with van der Waals surface area (Å²) in [4.78, 5) is 2.43. The van der Waals surface area contributed by atoms with Crippen LogP contribution in [0.15, 0.2) is 29.8 Å². The molecular weight excluding hydrogens is 410 g/mol. The molecule has 1 aromatic carbocycles. The van der Waals surface area contributed by atoms with Gasteiger partial charge in [0.2, 0.25) is 0 Å². The maximum Gasteiger partial charge on any atom is 0.134 e. The van der Waals surface area contributed by atoms with Gasteiger partial charge >= 0.3 is 0 Å². The molecule has 0 N–H and O–H groups in total. The number of likely N-dealkylation sites (tertiary alicyclic amines) is 1. The number of nitrogens with zero attached hydrogens (tertiary/aromatic N) is 1. The quantitative estimate of drug-likeness (QED) is 0.510. The van der Waals surface area contributed by atoms with Gasteiger partial charge in [-0.15, -0.1) is 23.0 Å². The van der Waals surface area contributed by atoms with Gasteiger partial charge in [0.05, 0.1) is 0 Å². The van der Waals surface area contributed by atoms with Crippen LogP contribution in [0.4, 0.5) is 0 Å². The summed E-state index contributed by atoms with van der Waals surface area (Å²) < 4.78 is 0. The predicted molar refractivity (Wildman–Crippen MR) is 95.9 cm³/mol. The molecule has 0 aromatic heterocycles. The minimum atomic E-state index is 0. The maximum atomic E-state index is 3.49. The Labute approximate surface area is 169 Å². The summed E-state index contributed by atoms with van der Waals surface area (Å²) in [6.07, 6.45) is 7.18. The molecule has 2 radical (unpaired) electrons. The molecule has 22 heavy (non-hydrogen) atoms. The van der Waals surface area contributed by atoms with E-state index in [1.165, 1.54) is 42.5 Å². The smallest absolute Gasteiger partial charge is 0.134 e. The molecule has 1 atom stereocenters. The van der Waals surface area contributed by atoms with Gasteiger partial charge in [0.15, 0.2) is 0 Å². The summed E-state index contributed by atoms with van der Waals surface area (Å²) in [7, 11) is 4.64. The number of hydrogen-bond donors (Lipinski definition) is 0.